The van der Waals surface area contributed by atoms with Crippen molar-refractivity contribution in [3.05, 3.63) is 76.9 Å². The minimum Gasteiger partial charge on any atom is -0.618 e. The molecule has 1 aliphatic heterocycles. The van der Waals surface area contributed by atoms with Crippen LogP contribution in [0.3, 0.4) is 0 Å². The molecule has 5 rings (SSSR count). The number of pyridine rings is 1. The summed E-state index contributed by atoms with van der Waals surface area (Å²) < 4.78 is 33.3. The molecule has 2 aliphatic rings. The van der Waals surface area contributed by atoms with E-state index < -0.39 is 35.5 Å². The van der Waals surface area contributed by atoms with Gasteiger partial charge in [0.2, 0.25) is 11.6 Å². The number of halogens is 2. The van der Waals surface area contributed by atoms with E-state index in [1.54, 1.807) is 25.1 Å². The van der Waals surface area contributed by atoms with Gasteiger partial charge in [-0.05, 0) is 50.3 Å². The Labute approximate surface area is 218 Å². The molecule has 2 amide bonds. The molecule has 3 heterocycles. The van der Waals surface area contributed by atoms with Crippen LogP contribution in [0.1, 0.15) is 48.4 Å². The van der Waals surface area contributed by atoms with Gasteiger partial charge < -0.3 is 25.3 Å². The van der Waals surface area contributed by atoms with Gasteiger partial charge in [0, 0.05) is 49.9 Å². The Morgan fingerprint density at radius 1 is 1.21 bits per heavy atom. The van der Waals surface area contributed by atoms with Crippen LogP contribution in [0.5, 0.6) is 0 Å². The first-order valence-electron chi connectivity index (χ1n) is 12.7. The van der Waals surface area contributed by atoms with Gasteiger partial charge in [0.25, 0.3) is 5.91 Å². The summed E-state index contributed by atoms with van der Waals surface area (Å²) in [7, 11) is 0. The lowest BCUT2D eigenvalue weighted by Gasteiger charge is -2.38. The molecule has 38 heavy (non-hydrogen) atoms. The largest absolute Gasteiger partial charge is 0.618 e. The molecule has 1 aliphatic carbocycles. The van der Waals surface area contributed by atoms with Crippen LogP contribution in [-0.4, -0.2) is 47.5 Å². The molecule has 0 bridgehead atoms. The molecule has 0 radical (unpaired) electrons. The van der Waals surface area contributed by atoms with E-state index in [4.69, 9.17) is 4.52 Å². The standard InChI is InChI=1S/C27H29F2N5O4/c1-16(24-4-2-3-10-34(24)37)30-26(35)20-15-33(14-17-5-6-17)11-9-22(20)31-27(36)23-13-25(38-32-23)19-8-7-18(28)12-21(19)29/h2-4,7-8,10,12-13,16-17,20,22H,5-6,9,11,14-15H2,1H3,(H,30,35)(H,31,36)/t16?,20-,22-/m1/s1. The van der Waals surface area contributed by atoms with Gasteiger partial charge in [0.15, 0.2) is 17.7 Å². The number of amides is 2. The third-order valence-electron chi connectivity index (χ3n) is 7.16. The zero-order valence-corrected chi connectivity index (χ0v) is 20.9. The maximum atomic E-state index is 14.1. The van der Waals surface area contributed by atoms with E-state index in [1.807, 2.05) is 0 Å². The minimum atomic E-state index is -0.834. The molecule has 200 valence electrons. The van der Waals surface area contributed by atoms with Crippen LogP contribution in [0.25, 0.3) is 11.3 Å². The Morgan fingerprint density at radius 2 is 2.03 bits per heavy atom. The number of carbonyl (C=O) groups excluding carboxylic acids is 2. The molecular weight excluding hydrogens is 496 g/mol. The van der Waals surface area contributed by atoms with Gasteiger partial charge in [0.1, 0.15) is 17.7 Å². The fraction of sp³-hybridized carbons (Fsp3) is 0.407. The van der Waals surface area contributed by atoms with Crippen molar-refractivity contribution in [1.82, 2.24) is 20.7 Å². The number of nitrogens with one attached hydrogen (secondary N) is 2. The molecule has 1 aromatic carbocycles. The van der Waals surface area contributed by atoms with Crippen molar-refractivity contribution in [3.63, 3.8) is 0 Å². The van der Waals surface area contributed by atoms with Gasteiger partial charge in [-0.1, -0.05) is 5.16 Å². The number of carbonyl (C=O) groups is 2. The highest BCUT2D eigenvalue weighted by Gasteiger charge is 2.38. The van der Waals surface area contributed by atoms with Gasteiger partial charge in [-0.15, -0.1) is 0 Å². The van der Waals surface area contributed by atoms with E-state index in [9.17, 15) is 23.6 Å². The maximum absolute atomic E-state index is 14.1. The minimum absolute atomic E-state index is 0.0104. The molecule has 3 atom stereocenters. The van der Waals surface area contributed by atoms with Gasteiger partial charge in [0.05, 0.1) is 11.5 Å². The van der Waals surface area contributed by atoms with E-state index >= 15 is 0 Å². The Balaban J connectivity index is 1.30. The molecule has 11 heteroatoms. The Hall–Kier alpha value is -3.86. The summed E-state index contributed by atoms with van der Waals surface area (Å²) in [4.78, 5) is 28.7. The van der Waals surface area contributed by atoms with Gasteiger partial charge in [-0.25, -0.2) is 8.78 Å². The molecular formula is C27H29F2N5O4. The predicted octanol–water partition coefficient (Wildman–Crippen LogP) is 2.96. The summed E-state index contributed by atoms with van der Waals surface area (Å²) in [6.45, 7) is 3.85. The smallest absolute Gasteiger partial charge is 0.273 e. The van der Waals surface area contributed by atoms with E-state index in [-0.39, 0.29) is 22.9 Å². The molecule has 1 saturated heterocycles. The highest BCUT2D eigenvalue weighted by atomic mass is 19.1. The first kappa shape index (κ1) is 25.8. The number of aromatic nitrogens is 2. The topological polar surface area (TPSA) is 114 Å². The molecule has 2 aromatic heterocycles. The first-order chi connectivity index (χ1) is 18.3. The monoisotopic (exact) mass is 525 g/mol. The van der Waals surface area contributed by atoms with E-state index in [0.717, 1.165) is 30.0 Å². The van der Waals surface area contributed by atoms with Crippen LogP contribution in [0.2, 0.25) is 0 Å². The van der Waals surface area contributed by atoms with Crippen molar-refractivity contribution in [2.45, 2.75) is 38.3 Å². The SMILES string of the molecule is CC(NC(=O)[C@@H]1CN(CC2CC2)CC[C@H]1NC(=O)c1cc(-c2ccc(F)cc2F)on1)c1cccc[n+]1[O-]. The summed E-state index contributed by atoms with van der Waals surface area (Å²) >= 11 is 0. The number of hydrogen-bond acceptors (Lipinski definition) is 6. The van der Waals surface area contributed by atoms with Crippen molar-refractivity contribution < 1.29 is 27.6 Å². The van der Waals surface area contributed by atoms with Crippen LogP contribution in [-0.2, 0) is 4.79 Å². The molecule has 0 spiro atoms. The number of rotatable bonds is 8. The third-order valence-corrected chi connectivity index (χ3v) is 7.16. The number of benzene rings is 1. The van der Waals surface area contributed by atoms with Gasteiger partial charge in [-0.2, -0.15) is 4.73 Å². The number of hydrogen-bond donors (Lipinski definition) is 2. The second-order valence-electron chi connectivity index (χ2n) is 10.1. The van der Waals surface area contributed by atoms with E-state index in [1.165, 1.54) is 31.2 Å². The lowest BCUT2D eigenvalue weighted by molar-refractivity contribution is -0.615. The second-order valence-corrected chi connectivity index (χ2v) is 10.1. The number of piperidine rings is 1. The van der Waals surface area contributed by atoms with Crippen molar-refractivity contribution >= 4 is 11.8 Å². The highest BCUT2D eigenvalue weighted by Crippen LogP contribution is 2.31. The average Bonchev–Trinajstić information content (AvgIpc) is 3.56. The summed E-state index contributed by atoms with van der Waals surface area (Å²) in [5.74, 6) is -2.31. The maximum Gasteiger partial charge on any atom is 0.273 e. The molecule has 1 unspecified atom stereocenters. The third kappa shape index (κ3) is 5.83. The van der Waals surface area contributed by atoms with Crippen molar-refractivity contribution in [2.24, 2.45) is 11.8 Å². The van der Waals surface area contributed by atoms with Crippen LogP contribution < -0.4 is 15.4 Å². The average molecular weight is 526 g/mol. The molecule has 3 aromatic rings. The zero-order valence-electron chi connectivity index (χ0n) is 20.9. The van der Waals surface area contributed by atoms with Gasteiger partial charge >= 0.3 is 0 Å². The second kappa shape index (κ2) is 10.9. The summed E-state index contributed by atoms with van der Waals surface area (Å²) in [5.41, 5.74) is 0.317. The summed E-state index contributed by atoms with van der Waals surface area (Å²) in [5, 5.41) is 21.7. The summed E-state index contributed by atoms with van der Waals surface area (Å²) in [6.07, 6.45) is 4.30. The zero-order chi connectivity index (χ0) is 26.8. The Kier molecular flexibility index (Phi) is 7.37. The Morgan fingerprint density at radius 3 is 2.76 bits per heavy atom. The Bertz CT molecular complexity index is 1330. The lowest BCUT2D eigenvalue weighted by atomic mass is 9.90. The fourth-order valence-corrected chi connectivity index (χ4v) is 4.90. The fourth-order valence-electron chi connectivity index (χ4n) is 4.90. The van der Waals surface area contributed by atoms with Crippen LogP contribution in [0, 0.1) is 28.7 Å². The molecule has 2 fully saturated rings. The van der Waals surface area contributed by atoms with Crippen molar-refractivity contribution in [1.29, 1.82) is 0 Å². The highest BCUT2D eigenvalue weighted by molar-refractivity contribution is 5.94. The number of nitrogens with zero attached hydrogens (tertiary/aromatic N) is 3. The van der Waals surface area contributed by atoms with Crippen molar-refractivity contribution in [3.8, 4) is 11.3 Å². The predicted molar refractivity (Wildman–Crippen MR) is 132 cm³/mol. The molecule has 1 saturated carbocycles. The quantitative estimate of drug-likeness (QED) is 0.345. The van der Waals surface area contributed by atoms with Crippen LogP contribution in [0.4, 0.5) is 8.78 Å². The van der Waals surface area contributed by atoms with Crippen LogP contribution >= 0.6 is 0 Å². The number of likely N-dealkylation sites (tertiary alicyclic amines) is 1. The van der Waals surface area contributed by atoms with E-state index in [2.05, 4.69) is 20.7 Å². The van der Waals surface area contributed by atoms with Crippen LogP contribution in [0.15, 0.2) is 53.2 Å². The van der Waals surface area contributed by atoms with Crippen molar-refractivity contribution in [2.75, 3.05) is 19.6 Å². The lowest BCUT2D eigenvalue weighted by Crippen LogP contribution is -2.56. The molecule has 9 nitrogen and oxygen atoms in total. The first-order valence-corrected chi connectivity index (χ1v) is 12.7. The normalized spacial score (nSPS) is 20.6. The molecule has 2 N–H and O–H groups in total. The summed E-state index contributed by atoms with van der Waals surface area (Å²) in [6, 6.07) is 8.30. The van der Waals surface area contributed by atoms with Gasteiger partial charge in [-0.3, -0.25) is 9.59 Å². The van der Waals surface area contributed by atoms with E-state index in [0.29, 0.717) is 24.6 Å².